The molecule has 1 aliphatic rings. The van der Waals surface area contributed by atoms with Crippen LogP contribution in [0.4, 0.5) is 10.1 Å². The first-order chi connectivity index (χ1) is 12.7. The molecule has 0 saturated carbocycles. The van der Waals surface area contributed by atoms with E-state index in [9.17, 15) is 14.0 Å². The maximum Gasteiger partial charge on any atom is 0.275 e. The Morgan fingerprint density at radius 3 is 2.44 bits per heavy atom. The lowest BCUT2D eigenvalue weighted by molar-refractivity contribution is -0.131. The first-order valence-electron chi connectivity index (χ1n) is 8.72. The third kappa shape index (κ3) is 3.89. The zero-order chi connectivity index (χ0) is 19.8. The van der Waals surface area contributed by atoms with Crippen molar-refractivity contribution in [3.8, 4) is 0 Å². The van der Waals surface area contributed by atoms with Gasteiger partial charge in [0.15, 0.2) is 0 Å². The predicted molar refractivity (Wildman–Crippen MR) is 103 cm³/mol. The molecule has 0 unspecified atom stereocenters. The van der Waals surface area contributed by atoms with Gasteiger partial charge in [0.1, 0.15) is 23.7 Å². The zero-order valence-corrected chi connectivity index (χ0v) is 15.8. The summed E-state index contributed by atoms with van der Waals surface area (Å²) in [6.07, 6.45) is 0. The summed E-state index contributed by atoms with van der Waals surface area (Å²) in [4.78, 5) is 31.2. The van der Waals surface area contributed by atoms with E-state index in [0.717, 1.165) is 16.8 Å². The molecule has 0 radical (unpaired) electrons. The second-order valence-electron chi connectivity index (χ2n) is 7.22. The molecule has 0 aromatic heterocycles. The maximum atomic E-state index is 13.1. The van der Waals surface area contributed by atoms with Crippen LogP contribution in [0.15, 0.2) is 47.5 Å². The van der Waals surface area contributed by atoms with Crippen molar-refractivity contribution in [2.75, 3.05) is 11.9 Å². The first kappa shape index (κ1) is 18.8. The van der Waals surface area contributed by atoms with Crippen molar-refractivity contribution in [2.24, 2.45) is 4.99 Å². The average molecular weight is 367 g/mol. The molecule has 2 aromatic carbocycles. The molecular formula is C21H22FN3O2. The van der Waals surface area contributed by atoms with Crippen LogP contribution in [0.5, 0.6) is 0 Å². The highest BCUT2D eigenvalue weighted by atomic mass is 19.1. The van der Waals surface area contributed by atoms with Crippen LogP contribution < -0.4 is 5.32 Å². The summed E-state index contributed by atoms with van der Waals surface area (Å²) in [6, 6.07) is 11.4. The number of nitrogens with zero attached hydrogens (tertiary/aromatic N) is 2. The Bertz CT molecular complexity index is 933. The summed E-state index contributed by atoms with van der Waals surface area (Å²) in [7, 11) is 0. The van der Waals surface area contributed by atoms with E-state index in [2.05, 4.69) is 10.3 Å². The van der Waals surface area contributed by atoms with Crippen LogP contribution in [-0.2, 0) is 9.59 Å². The van der Waals surface area contributed by atoms with Gasteiger partial charge in [-0.05, 0) is 63.6 Å². The Labute approximate surface area is 157 Å². The number of rotatable bonds is 4. The molecule has 1 heterocycles. The Hall–Kier alpha value is -3.02. The lowest BCUT2D eigenvalue weighted by Crippen LogP contribution is -2.46. The number of halogens is 1. The molecule has 3 rings (SSSR count). The molecule has 140 valence electrons. The van der Waals surface area contributed by atoms with E-state index in [0.29, 0.717) is 5.56 Å². The molecule has 2 amide bonds. The minimum Gasteiger partial charge on any atom is -0.324 e. The standard InChI is InChI=1S/C21H22FN3O2/c1-13-5-10-17(14(2)11-13)23-18(26)12-25-20(27)19(24-21(25,3)4)15-6-8-16(22)9-7-15/h5-11H,12H2,1-4H3,(H,23,26). The molecule has 1 aliphatic heterocycles. The van der Waals surface area contributed by atoms with Gasteiger partial charge in [0.25, 0.3) is 5.91 Å². The number of carbonyl (C=O) groups is 2. The molecule has 0 aliphatic carbocycles. The third-order valence-corrected chi connectivity index (χ3v) is 4.57. The summed E-state index contributed by atoms with van der Waals surface area (Å²) in [5.41, 5.74) is 2.69. The van der Waals surface area contributed by atoms with Gasteiger partial charge in [-0.25, -0.2) is 4.39 Å². The van der Waals surface area contributed by atoms with Crippen molar-refractivity contribution < 1.29 is 14.0 Å². The first-order valence-corrected chi connectivity index (χ1v) is 8.72. The number of hydrogen-bond donors (Lipinski definition) is 1. The highest BCUT2D eigenvalue weighted by molar-refractivity contribution is 6.47. The van der Waals surface area contributed by atoms with Crippen LogP contribution in [0.3, 0.4) is 0 Å². The molecule has 27 heavy (non-hydrogen) atoms. The molecule has 2 aromatic rings. The second-order valence-corrected chi connectivity index (χ2v) is 7.22. The van der Waals surface area contributed by atoms with Crippen molar-refractivity contribution in [1.29, 1.82) is 0 Å². The smallest absolute Gasteiger partial charge is 0.275 e. The summed E-state index contributed by atoms with van der Waals surface area (Å²) < 4.78 is 13.1. The summed E-state index contributed by atoms with van der Waals surface area (Å²) in [5.74, 6) is -1.02. The van der Waals surface area contributed by atoms with Crippen LogP contribution in [0.1, 0.15) is 30.5 Å². The van der Waals surface area contributed by atoms with Crippen LogP contribution in [0.25, 0.3) is 0 Å². The number of anilines is 1. The van der Waals surface area contributed by atoms with Crippen molar-refractivity contribution in [3.63, 3.8) is 0 Å². The SMILES string of the molecule is Cc1ccc(NC(=O)CN2C(=O)C(c3ccc(F)cc3)=NC2(C)C)c(C)c1. The fraction of sp³-hybridized carbons (Fsp3) is 0.286. The van der Waals surface area contributed by atoms with Gasteiger partial charge in [-0.1, -0.05) is 17.7 Å². The normalized spacial score (nSPS) is 15.7. The van der Waals surface area contributed by atoms with Crippen LogP contribution >= 0.6 is 0 Å². The number of benzene rings is 2. The van der Waals surface area contributed by atoms with Gasteiger partial charge in [0.2, 0.25) is 5.91 Å². The van der Waals surface area contributed by atoms with Crippen molar-refractivity contribution >= 4 is 23.2 Å². The minimum atomic E-state index is -0.861. The van der Waals surface area contributed by atoms with E-state index >= 15 is 0 Å². The lowest BCUT2D eigenvalue weighted by atomic mass is 10.1. The number of amides is 2. The van der Waals surface area contributed by atoms with Gasteiger partial charge in [-0.15, -0.1) is 0 Å². The Balaban J connectivity index is 1.76. The lowest BCUT2D eigenvalue weighted by Gasteiger charge is -2.28. The molecule has 0 atom stereocenters. The second kappa shape index (κ2) is 6.95. The van der Waals surface area contributed by atoms with E-state index in [-0.39, 0.29) is 29.9 Å². The number of aryl methyl sites for hydroxylation is 2. The highest BCUT2D eigenvalue weighted by Gasteiger charge is 2.41. The Morgan fingerprint density at radius 1 is 1.15 bits per heavy atom. The van der Waals surface area contributed by atoms with Crippen molar-refractivity contribution in [3.05, 3.63) is 65.0 Å². The molecule has 6 heteroatoms. The predicted octanol–water partition coefficient (Wildman–Crippen LogP) is 3.45. The molecule has 0 bridgehead atoms. The van der Waals surface area contributed by atoms with E-state index in [4.69, 9.17) is 0 Å². The average Bonchev–Trinajstić information content (AvgIpc) is 2.82. The largest absolute Gasteiger partial charge is 0.324 e. The van der Waals surface area contributed by atoms with Gasteiger partial charge in [-0.2, -0.15) is 0 Å². The number of aliphatic imine (C=N–C) groups is 1. The summed E-state index contributed by atoms with van der Waals surface area (Å²) in [6.45, 7) is 7.33. The summed E-state index contributed by atoms with van der Waals surface area (Å²) >= 11 is 0. The van der Waals surface area contributed by atoms with Crippen molar-refractivity contribution in [2.45, 2.75) is 33.4 Å². The minimum absolute atomic E-state index is 0.118. The molecule has 0 spiro atoms. The van der Waals surface area contributed by atoms with Gasteiger partial charge in [0.05, 0.1) is 0 Å². The fourth-order valence-electron chi connectivity index (χ4n) is 3.11. The van der Waals surface area contributed by atoms with Gasteiger partial charge >= 0.3 is 0 Å². The topological polar surface area (TPSA) is 61.8 Å². The number of hydrogen-bond acceptors (Lipinski definition) is 3. The van der Waals surface area contributed by atoms with Gasteiger partial charge in [0, 0.05) is 11.3 Å². The van der Waals surface area contributed by atoms with Crippen LogP contribution in [0, 0.1) is 19.7 Å². The van der Waals surface area contributed by atoms with Crippen LogP contribution in [0.2, 0.25) is 0 Å². The quantitative estimate of drug-likeness (QED) is 0.900. The monoisotopic (exact) mass is 367 g/mol. The molecular weight excluding hydrogens is 345 g/mol. The zero-order valence-electron chi connectivity index (χ0n) is 15.8. The number of nitrogens with one attached hydrogen (secondary N) is 1. The van der Waals surface area contributed by atoms with Crippen molar-refractivity contribution in [1.82, 2.24) is 4.90 Å². The highest BCUT2D eigenvalue weighted by Crippen LogP contribution is 2.26. The molecule has 0 saturated heterocycles. The van der Waals surface area contributed by atoms with Gasteiger partial charge < -0.3 is 10.2 Å². The summed E-state index contributed by atoms with van der Waals surface area (Å²) in [5, 5.41) is 2.85. The third-order valence-electron chi connectivity index (χ3n) is 4.57. The molecule has 5 nitrogen and oxygen atoms in total. The van der Waals surface area contributed by atoms with E-state index < -0.39 is 5.66 Å². The van der Waals surface area contributed by atoms with E-state index in [1.54, 1.807) is 13.8 Å². The van der Waals surface area contributed by atoms with Gasteiger partial charge in [-0.3, -0.25) is 14.6 Å². The number of carbonyl (C=O) groups excluding carboxylic acids is 2. The molecule has 1 N–H and O–H groups in total. The molecule has 0 fully saturated rings. The maximum absolute atomic E-state index is 13.1. The van der Waals surface area contributed by atoms with Crippen LogP contribution in [-0.4, -0.2) is 34.6 Å². The fourth-order valence-corrected chi connectivity index (χ4v) is 3.11. The van der Waals surface area contributed by atoms with E-state index in [1.165, 1.54) is 29.2 Å². The Kier molecular flexibility index (Phi) is 4.83. The Morgan fingerprint density at radius 2 is 1.81 bits per heavy atom. The van der Waals surface area contributed by atoms with E-state index in [1.807, 2.05) is 32.0 Å².